The molecule has 7 nitrogen and oxygen atoms in total. The Balaban J connectivity index is 2.28. The fourth-order valence-corrected chi connectivity index (χ4v) is 3.82. The number of anilines is 1. The van der Waals surface area contributed by atoms with Crippen LogP contribution in [0.15, 0.2) is 47.4 Å². The van der Waals surface area contributed by atoms with Gasteiger partial charge in [-0.25, -0.2) is 8.42 Å². The summed E-state index contributed by atoms with van der Waals surface area (Å²) in [6.45, 7) is 2.87. The Bertz CT molecular complexity index is 896. The van der Waals surface area contributed by atoms with Crippen molar-refractivity contribution in [1.29, 1.82) is 0 Å². The molecule has 0 heterocycles. The molecule has 2 aromatic rings. The van der Waals surface area contributed by atoms with Crippen LogP contribution in [0.5, 0.6) is 5.75 Å². The zero-order valence-electron chi connectivity index (χ0n) is 15.9. The Labute approximate surface area is 160 Å². The van der Waals surface area contributed by atoms with Crippen LogP contribution in [0.2, 0.25) is 0 Å². The quantitative estimate of drug-likeness (QED) is 0.720. The number of methoxy groups -OCH3 is 1. The number of benzene rings is 2. The van der Waals surface area contributed by atoms with Crippen LogP contribution < -0.4 is 14.8 Å². The Kier molecular flexibility index (Phi) is 6.81. The molecular formula is C19H25N3O4S. The molecule has 0 bridgehead atoms. The molecule has 27 heavy (non-hydrogen) atoms. The van der Waals surface area contributed by atoms with Gasteiger partial charge in [0.25, 0.3) is 15.9 Å². The van der Waals surface area contributed by atoms with Crippen LogP contribution in [0.4, 0.5) is 5.69 Å². The van der Waals surface area contributed by atoms with Crippen molar-refractivity contribution in [1.82, 2.24) is 10.2 Å². The van der Waals surface area contributed by atoms with Gasteiger partial charge in [-0.2, -0.15) is 0 Å². The average Bonchev–Trinajstić information content (AvgIpc) is 2.66. The van der Waals surface area contributed by atoms with E-state index in [-0.39, 0.29) is 10.8 Å². The van der Waals surface area contributed by atoms with Crippen LogP contribution in [-0.2, 0) is 10.0 Å². The van der Waals surface area contributed by atoms with E-state index in [4.69, 9.17) is 4.74 Å². The molecule has 0 saturated heterocycles. The fourth-order valence-electron chi connectivity index (χ4n) is 2.49. The van der Waals surface area contributed by atoms with Gasteiger partial charge in [0.15, 0.2) is 0 Å². The number of nitrogens with one attached hydrogen (secondary N) is 2. The van der Waals surface area contributed by atoms with Crippen LogP contribution in [-0.4, -0.2) is 53.5 Å². The first kappa shape index (κ1) is 20.7. The zero-order valence-corrected chi connectivity index (χ0v) is 16.8. The van der Waals surface area contributed by atoms with Crippen molar-refractivity contribution < 1.29 is 17.9 Å². The van der Waals surface area contributed by atoms with Gasteiger partial charge in [0.1, 0.15) is 5.75 Å². The molecule has 0 unspecified atom stereocenters. The van der Waals surface area contributed by atoms with Gasteiger partial charge in [-0.3, -0.25) is 9.52 Å². The van der Waals surface area contributed by atoms with Crippen LogP contribution >= 0.6 is 0 Å². The minimum Gasteiger partial charge on any atom is -0.497 e. The lowest BCUT2D eigenvalue weighted by Gasteiger charge is -2.18. The molecular weight excluding hydrogens is 366 g/mol. The number of hydrogen-bond donors (Lipinski definition) is 2. The van der Waals surface area contributed by atoms with Gasteiger partial charge in [0.05, 0.1) is 12.0 Å². The summed E-state index contributed by atoms with van der Waals surface area (Å²) in [6.07, 6.45) is 0. The lowest BCUT2D eigenvalue weighted by molar-refractivity contribution is 0.0796. The van der Waals surface area contributed by atoms with E-state index in [9.17, 15) is 13.2 Å². The predicted octanol–water partition coefficient (Wildman–Crippen LogP) is 2.10. The molecule has 2 rings (SSSR count). The highest BCUT2D eigenvalue weighted by Gasteiger charge is 2.20. The summed E-state index contributed by atoms with van der Waals surface area (Å²) < 4.78 is 33.2. The van der Waals surface area contributed by atoms with Crippen molar-refractivity contribution >= 4 is 21.6 Å². The fraction of sp³-hybridized carbons (Fsp3) is 0.316. The van der Waals surface area contributed by atoms with Crippen molar-refractivity contribution in [3.05, 3.63) is 53.6 Å². The number of carbonyl (C=O) groups excluding carboxylic acids is 1. The monoisotopic (exact) mass is 391 g/mol. The van der Waals surface area contributed by atoms with E-state index in [1.54, 1.807) is 69.4 Å². The van der Waals surface area contributed by atoms with Gasteiger partial charge in [0, 0.05) is 31.4 Å². The van der Waals surface area contributed by atoms with E-state index in [0.717, 1.165) is 0 Å². The number of carbonyl (C=O) groups is 1. The zero-order chi connectivity index (χ0) is 20.0. The second-order valence-corrected chi connectivity index (χ2v) is 7.80. The number of amides is 1. The van der Waals surface area contributed by atoms with Crippen molar-refractivity contribution in [2.45, 2.75) is 11.8 Å². The summed E-state index contributed by atoms with van der Waals surface area (Å²) in [5.74, 6) is 0.400. The minimum atomic E-state index is -3.84. The van der Waals surface area contributed by atoms with Gasteiger partial charge < -0.3 is 15.0 Å². The van der Waals surface area contributed by atoms with Crippen LogP contribution in [0, 0.1) is 6.92 Å². The average molecular weight is 391 g/mol. The van der Waals surface area contributed by atoms with Gasteiger partial charge in [-0.15, -0.1) is 0 Å². The maximum absolute atomic E-state index is 12.8. The summed E-state index contributed by atoms with van der Waals surface area (Å²) in [6, 6.07) is 11.3. The highest BCUT2D eigenvalue weighted by Crippen LogP contribution is 2.23. The molecule has 0 spiro atoms. The summed E-state index contributed by atoms with van der Waals surface area (Å²) in [7, 11) is 1.19. The molecule has 1 amide bonds. The third-order valence-electron chi connectivity index (χ3n) is 4.11. The van der Waals surface area contributed by atoms with Crippen LogP contribution in [0.3, 0.4) is 0 Å². The number of aryl methyl sites for hydroxylation is 1. The lowest BCUT2D eigenvalue weighted by atomic mass is 10.1. The lowest BCUT2D eigenvalue weighted by Crippen LogP contribution is -2.33. The smallest absolute Gasteiger partial charge is 0.262 e. The molecule has 0 atom stereocenters. The minimum absolute atomic E-state index is 0.0752. The number of sulfonamides is 1. The highest BCUT2D eigenvalue weighted by molar-refractivity contribution is 7.92. The molecule has 2 N–H and O–H groups in total. The molecule has 0 aromatic heterocycles. The Morgan fingerprint density at radius 1 is 1.15 bits per heavy atom. The van der Waals surface area contributed by atoms with Gasteiger partial charge in [0.2, 0.25) is 0 Å². The van der Waals surface area contributed by atoms with Gasteiger partial charge >= 0.3 is 0 Å². The third-order valence-corrected chi connectivity index (χ3v) is 5.63. The van der Waals surface area contributed by atoms with Crippen molar-refractivity contribution in [2.75, 3.05) is 39.0 Å². The number of hydrogen-bond acceptors (Lipinski definition) is 5. The van der Waals surface area contributed by atoms with Crippen LogP contribution in [0.25, 0.3) is 0 Å². The topological polar surface area (TPSA) is 87.7 Å². The van der Waals surface area contributed by atoms with Crippen molar-refractivity contribution in [3.63, 3.8) is 0 Å². The van der Waals surface area contributed by atoms with Crippen molar-refractivity contribution in [2.24, 2.45) is 0 Å². The second kappa shape index (κ2) is 8.88. The SMILES string of the molecule is CNCCN(C)C(=O)c1ccc(C)c(S(=O)(=O)Nc2ccc(OC)cc2)c1. The highest BCUT2D eigenvalue weighted by atomic mass is 32.2. The van der Waals surface area contributed by atoms with Gasteiger partial charge in [-0.05, 0) is 55.9 Å². The molecule has 0 saturated carbocycles. The Morgan fingerprint density at radius 3 is 2.41 bits per heavy atom. The van der Waals surface area contributed by atoms with E-state index >= 15 is 0 Å². The summed E-state index contributed by atoms with van der Waals surface area (Å²) in [4.78, 5) is 14.2. The first-order valence-electron chi connectivity index (χ1n) is 8.46. The van der Waals surface area contributed by atoms with E-state index in [1.807, 2.05) is 0 Å². The molecule has 8 heteroatoms. The summed E-state index contributed by atoms with van der Waals surface area (Å²) >= 11 is 0. The maximum atomic E-state index is 12.8. The molecule has 0 aliphatic rings. The Morgan fingerprint density at radius 2 is 1.81 bits per heavy atom. The molecule has 0 aliphatic heterocycles. The summed E-state index contributed by atoms with van der Waals surface area (Å²) in [5, 5.41) is 2.98. The third kappa shape index (κ3) is 5.21. The Hall–Kier alpha value is -2.58. The molecule has 146 valence electrons. The van der Waals surface area contributed by atoms with E-state index in [0.29, 0.717) is 35.7 Å². The first-order valence-corrected chi connectivity index (χ1v) is 9.94. The van der Waals surface area contributed by atoms with Crippen LogP contribution in [0.1, 0.15) is 15.9 Å². The van der Waals surface area contributed by atoms with Gasteiger partial charge in [-0.1, -0.05) is 6.07 Å². The van der Waals surface area contributed by atoms with E-state index < -0.39 is 10.0 Å². The number of nitrogens with zero attached hydrogens (tertiary/aromatic N) is 1. The van der Waals surface area contributed by atoms with E-state index in [1.165, 1.54) is 6.07 Å². The standard InChI is InChI=1S/C19H25N3O4S/c1-14-5-6-15(19(23)22(3)12-11-20-2)13-18(14)27(24,25)21-16-7-9-17(26-4)10-8-16/h5-10,13,20-21H,11-12H2,1-4H3. The first-order chi connectivity index (χ1) is 12.8. The molecule has 0 radical (unpaired) electrons. The number of ether oxygens (including phenoxy) is 1. The van der Waals surface area contributed by atoms with E-state index in [2.05, 4.69) is 10.0 Å². The predicted molar refractivity (Wildman–Crippen MR) is 106 cm³/mol. The molecule has 0 fully saturated rings. The van der Waals surface area contributed by atoms with Crippen molar-refractivity contribution in [3.8, 4) is 5.75 Å². The number of rotatable bonds is 8. The second-order valence-electron chi connectivity index (χ2n) is 6.14. The maximum Gasteiger partial charge on any atom is 0.262 e. The largest absolute Gasteiger partial charge is 0.497 e. The molecule has 0 aliphatic carbocycles. The summed E-state index contributed by atoms with van der Waals surface area (Å²) in [5.41, 5.74) is 1.30. The molecule has 2 aromatic carbocycles. The number of likely N-dealkylation sites (N-methyl/N-ethyl adjacent to an activating group) is 2. The normalized spacial score (nSPS) is 11.1.